The number of nitrogens with zero attached hydrogens (tertiary/aromatic N) is 2. The van der Waals surface area contributed by atoms with Crippen LogP contribution in [0.25, 0.3) is 0 Å². The Morgan fingerprint density at radius 1 is 1.22 bits per heavy atom. The van der Waals surface area contributed by atoms with Gasteiger partial charge in [-0.1, -0.05) is 43.1 Å². The predicted molar refractivity (Wildman–Crippen MR) is 105 cm³/mol. The van der Waals surface area contributed by atoms with Gasteiger partial charge in [-0.15, -0.1) is 0 Å². The van der Waals surface area contributed by atoms with E-state index >= 15 is 0 Å². The highest BCUT2D eigenvalue weighted by molar-refractivity contribution is 6.35. The van der Waals surface area contributed by atoms with Crippen LogP contribution in [0.5, 0.6) is 5.88 Å². The first-order valence-electron chi connectivity index (χ1n) is 8.54. The zero-order valence-electron chi connectivity index (χ0n) is 14.8. The Kier molecular flexibility index (Phi) is 4.28. The van der Waals surface area contributed by atoms with Gasteiger partial charge in [0.2, 0.25) is 5.88 Å². The van der Waals surface area contributed by atoms with Gasteiger partial charge in [0.05, 0.1) is 6.04 Å². The van der Waals surface area contributed by atoms with Gasteiger partial charge in [-0.25, -0.2) is 4.98 Å². The third-order valence-corrected chi connectivity index (χ3v) is 5.43. The molecule has 1 aromatic carbocycles. The van der Waals surface area contributed by atoms with Gasteiger partial charge in [-0.2, -0.15) is 4.98 Å². The van der Waals surface area contributed by atoms with Crippen LogP contribution in [0.2, 0.25) is 10.0 Å². The molecular formula is C19H18Cl2N4O2. The van der Waals surface area contributed by atoms with E-state index in [0.29, 0.717) is 45.5 Å². The lowest BCUT2D eigenvalue weighted by atomic mass is 9.73. The fourth-order valence-corrected chi connectivity index (χ4v) is 4.23. The fourth-order valence-electron chi connectivity index (χ4n) is 3.71. The first-order chi connectivity index (χ1) is 12.7. The van der Waals surface area contributed by atoms with Crippen molar-refractivity contribution in [2.45, 2.75) is 32.7 Å². The number of aromatic nitrogens is 2. The van der Waals surface area contributed by atoms with Gasteiger partial charge in [-0.3, -0.25) is 4.79 Å². The maximum absolute atomic E-state index is 13.1. The van der Waals surface area contributed by atoms with Crippen LogP contribution in [0.4, 0.5) is 11.5 Å². The van der Waals surface area contributed by atoms with E-state index in [4.69, 9.17) is 23.2 Å². The molecule has 0 saturated carbocycles. The van der Waals surface area contributed by atoms with Crippen LogP contribution in [0, 0.1) is 5.41 Å². The molecule has 0 fully saturated rings. The number of nitrogens with one attached hydrogen (secondary N) is 2. The van der Waals surface area contributed by atoms with Crippen LogP contribution in [0.1, 0.15) is 38.3 Å². The summed E-state index contributed by atoms with van der Waals surface area (Å²) in [6.45, 7) is 4.11. The minimum absolute atomic E-state index is 0.0255. The molecule has 6 nitrogen and oxygen atoms in total. The number of benzene rings is 1. The highest BCUT2D eigenvalue weighted by Gasteiger charge is 2.40. The molecule has 140 valence electrons. The third-order valence-electron chi connectivity index (χ3n) is 4.87. The molecule has 27 heavy (non-hydrogen) atoms. The second-order valence-corrected chi connectivity index (χ2v) is 8.47. The fraction of sp³-hybridized carbons (Fsp3) is 0.316. The average Bonchev–Trinajstić information content (AvgIpc) is 2.71. The van der Waals surface area contributed by atoms with Crippen LogP contribution in [-0.4, -0.2) is 20.9 Å². The molecule has 1 aromatic heterocycles. The van der Waals surface area contributed by atoms with E-state index in [0.717, 1.165) is 5.70 Å². The number of carbonyl (C=O) groups excluding carboxylic acids is 1. The number of hydrogen-bond donors (Lipinski definition) is 3. The zero-order valence-corrected chi connectivity index (χ0v) is 16.3. The molecule has 0 bridgehead atoms. The van der Waals surface area contributed by atoms with Crippen LogP contribution in [0.3, 0.4) is 0 Å². The van der Waals surface area contributed by atoms with E-state index in [1.165, 1.54) is 6.33 Å². The number of aromatic hydroxyl groups is 1. The van der Waals surface area contributed by atoms with E-state index in [1.807, 2.05) is 0 Å². The molecule has 3 N–H and O–H groups in total. The van der Waals surface area contributed by atoms with Gasteiger partial charge in [0, 0.05) is 27.7 Å². The van der Waals surface area contributed by atoms with Crippen molar-refractivity contribution in [3.05, 3.63) is 51.4 Å². The number of Topliss-reactive ketones (excluding diaryl/α,β-unsaturated/α-hetero) is 1. The normalized spacial score (nSPS) is 20.9. The Morgan fingerprint density at radius 3 is 2.74 bits per heavy atom. The van der Waals surface area contributed by atoms with Crippen molar-refractivity contribution in [1.82, 2.24) is 9.97 Å². The molecule has 8 heteroatoms. The highest BCUT2D eigenvalue weighted by Crippen LogP contribution is 2.47. The first kappa shape index (κ1) is 18.1. The van der Waals surface area contributed by atoms with Gasteiger partial charge in [0.15, 0.2) is 11.6 Å². The van der Waals surface area contributed by atoms with Crippen molar-refractivity contribution < 1.29 is 9.90 Å². The molecule has 0 amide bonds. The summed E-state index contributed by atoms with van der Waals surface area (Å²) >= 11 is 12.5. The molecule has 1 aliphatic heterocycles. The number of carbonyl (C=O) groups is 1. The Balaban J connectivity index is 1.94. The molecule has 0 radical (unpaired) electrons. The minimum Gasteiger partial charge on any atom is -0.492 e. The summed E-state index contributed by atoms with van der Waals surface area (Å²) in [5, 5.41) is 17.6. The molecule has 1 unspecified atom stereocenters. The second kappa shape index (κ2) is 6.39. The van der Waals surface area contributed by atoms with Crippen LogP contribution < -0.4 is 10.6 Å². The topological polar surface area (TPSA) is 87.1 Å². The van der Waals surface area contributed by atoms with Gasteiger partial charge >= 0.3 is 0 Å². The van der Waals surface area contributed by atoms with Crippen molar-refractivity contribution in [2.24, 2.45) is 5.41 Å². The van der Waals surface area contributed by atoms with E-state index < -0.39 is 6.04 Å². The lowest BCUT2D eigenvalue weighted by Gasteiger charge is -2.34. The molecule has 1 atom stereocenters. The van der Waals surface area contributed by atoms with Crippen LogP contribution in [0.15, 0.2) is 35.8 Å². The van der Waals surface area contributed by atoms with Crippen molar-refractivity contribution in [3.8, 4) is 5.88 Å². The molecule has 2 aromatic rings. The largest absolute Gasteiger partial charge is 0.492 e. The van der Waals surface area contributed by atoms with Crippen molar-refractivity contribution in [2.75, 3.05) is 10.6 Å². The van der Waals surface area contributed by atoms with Crippen molar-refractivity contribution in [3.63, 3.8) is 0 Å². The maximum Gasteiger partial charge on any atom is 0.240 e. The summed E-state index contributed by atoms with van der Waals surface area (Å²) in [7, 11) is 0. The van der Waals surface area contributed by atoms with Crippen molar-refractivity contribution >= 4 is 40.5 Å². The molecule has 4 rings (SSSR count). The van der Waals surface area contributed by atoms with Gasteiger partial charge in [0.1, 0.15) is 12.0 Å². The summed E-state index contributed by atoms with van der Waals surface area (Å²) in [4.78, 5) is 21.2. The van der Waals surface area contributed by atoms with Gasteiger partial charge in [0.25, 0.3) is 0 Å². The summed E-state index contributed by atoms with van der Waals surface area (Å²) in [6, 6.07) is 4.59. The lowest BCUT2D eigenvalue weighted by molar-refractivity contribution is -0.118. The van der Waals surface area contributed by atoms with Crippen molar-refractivity contribution in [1.29, 1.82) is 0 Å². The lowest BCUT2D eigenvalue weighted by Crippen LogP contribution is -2.31. The number of halogens is 2. The Bertz CT molecular complexity index is 988. The molecule has 2 heterocycles. The molecular weight excluding hydrogens is 387 g/mol. The second-order valence-electron chi connectivity index (χ2n) is 7.62. The monoisotopic (exact) mass is 404 g/mol. The first-order valence-corrected chi connectivity index (χ1v) is 9.29. The molecule has 2 aliphatic rings. The quantitative estimate of drug-likeness (QED) is 0.637. The number of hydrogen-bond acceptors (Lipinski definition) is 6. The SMILES string of the molecule is CC1(C)CC(=O)C2=C(C1)Nc1ncnc(O)c1NC2c1ccc(Cl)cc1Cl. The van der Waals surface area contributed by atoms with Crippen LogP contribution in [-0.2, 0) is 4.79 Å². The molecule has 1 aliphatic carbocycles. The number of fused-ring (bicyclic) bond motifs is 1. The Hall–Kier alpha value is -2.31. The van der Waals surface area contributed by atoms with E-state index in [9.17, 15) is 9.90 Å². The van der Waals surface area contributed by atoms with Crippen LogP contribution >= 0.6 is 23.2 Å². The van der Waals surface area contributed by atoms with Gasteiger partial charge < -0.3 is 15.7 Å². The number of allylic oxidation sites excluding steroid dienone is 1. The minimum atomic E-state index is -0.556. The number of ketones is 1. The maximum atomic E-state index is 13.1. The summed E-state index contributed by atoms with van der Waals surface area (Å²) in [6.07, 6.45) is 2.36. The molecule has 0 spiro atoms. The Labute approximate surface area is 166 Å². The third kappa shape index (κ3) is 3.24. The van der Waals surface area contributed by atoms with E-state index in [1.54, 1.807) is 18.2 Å². The van der Waals surface area contributed by atoms with Gasteiger partial charge in [-0.05, 0) is 29.5 Å². The number of anilines is 2. The Morgan fingerprint density at radius 2 is 2.00 bits per heavy atom. The average molecular weight is 405 g/mol. The van der Waals surface area contributed by atoms with E-state index in [2.05, 4.69) is 34.4 Å². The highest BCUT2D eigenvalue weighted by atomic mass is 35.5. The smallest absolute Gasteiger partial charge is 0.240 e. The zero-order chi connectivity index (χ0) is 19.3. The molecule has 0 saturated heterocycles. The summed E-state index contributed by atoms with van der Waals surface area (Å²) in [5.41, 5.74) is 2.21. The predicted octanol–water partition coefficient (Wildman–Crippen LogP) is 4.71. The number of rotatable bonds is 1. The standard InChI is InChI=1S/C19H18Cl2N4O2/c1-19(2)6-12-14(13(26)7-19)15(10-4-3-9(20)5-11(10)21)25-16-17(24-12)22-8-23-18(16)27/h3-5,8,15,25H,6-7H2,1-2H3,(H2,22,23,24,27). The summed E-state index contributed by atoms with van der Waals surface area (Å²) < 4.78 is 0. The summed E-state index contributed by atoms with van der Waals surface area (Å²) in [5.74, 6) is 0.250. The van der Waals surface area contributed by atoms with E-state index in [-0.39, 0.29) is 17.1 Å².